The topological polar surface area (TPSA) is 79.0 Å². The third-order valence-corrected chi connectivity index (χ3v) is 5.87. The van der Waals surface area contributed by atoms with Crippen molar-refractivity contribution in [1.82, 2.24) is 9.71 Å². The molecule has 108 valence electrons. The molecule has 0 bridgehead atoms. The van der Waals surface area contributed by atoms with Crippen LogP contribution in [0.25, 0.3) is 0 Å². The van der Waals surface area contributed by atoms with Gasteiger partial charge in [-0.25, -0.2) is 17.5 Å². The fourth-order valence-electron chi connectivity index (χ4n) is 1.75. The van der Waals surface area contributed by atoms with E-state index >= 15 is 0 Å². The van der Waals surface area contributed by atoms with E-state index in [1.165, 1.54) is 31.2 Å². The van der Waals surface area contributed by atoms with Gasteiger partial charge < -0.3 is 4.98 Å². The van der Waals surface area contributed by atoms with Crippen molar-refractivity contribution < 1.29 is 12.8 Å². The Morgan fingerprint density at radius 2 is 1.90 bits per heavy atom. The summed E-state index contributed by atoms with van der Waals surface area (Å²) < 4.78 is 39.6. The smallest absolute Gasteiger partial charge is 0.305 e. The first-order valence-electron chi connectivity index (χ1n) is 5.77. The van der Waals surface area contributed by atoms with Crippen molar-refractivity contribution in [2.45, 2.75) is 24.1 Å². The second-order valence-corrected chi connectivity index (χ2v) is 7.21. The maximum Gasteiger partial charge on any atom is 0.305 e. The third-order valence-electron chi connectivity index (χ3n) is 2.73. The SMILES string of the molecule is Cc1[nH]c(=O)sc1S(=O)(=O)N[C@@H](C)c1ccc(F)cc1. The van der Waals surface area contributed by atoms with Crippen LogP contribution < -0.4 is 9.60 Å². The zero-order valence-corrected chi connectivity index (χ0v) is 12.4. The molecule has 0 spiro atoms. The van der Waals surface area contributed by atoms with Crippen molar-refractivity contribution in [3.8, 4) is 0 Å². The van der Waals surface area contributed by atoms with E-state index in [9.17, 15) is 17.6 Å². The second-order valence-electron chi connectivity index (χ2n) is 4.32. The molecule has 0 fully saturated rings. The van der Waals surface area contributed by atoms with Gasteiger partial charge in [-0.05, 0) is 31.5 Å². The van der Waals surface area contributed by atoms with Crippen LogP contribution in [0.15, 0.2) is 33.3 Å². The van der Waals surface area contributed by atoms with Crippen LogP contribution in [-0.4, -0.2) is 13.4 Å². The number of nitrogens with one attached hydrogen (secondary N) is 2. The van der Waals surface area contributed by atoms with E-state index in [-0.39, 0.29) is 10.0 Å². The molecule has 1 heterocycles. The average molecular weight is 316 g/mol. The lowest BCUT2D eigenvalue weighted by Crippen LogP contribution is -2.26. The van der Waals surface area contributed by atoms with Gasteiger partial charge in [0, 0.05) is 11.7 Å². The Morgan fingerprint density at radius 1 is 1.30 bits per heavy atom. The summed E-state index contributed by atoms with van der Waals surface area (Å²) in [4.78, 5) is 13.2. The Morgan fingerprint density at radius 3 is 2.40 bits per heavy atom. The molecule has 0 aliphatic rings. The summed E-state index contributed by atoms with van der Waals surface area (Å²) in [7, 11) is -3.78. The lowest BCUT2D eigenvalue weighted by Gasteiger charge is -2.14. The molecule has 2 rings (SSSR count). The highest BCUT2D eigenvalue weighted by molar-refractivity contribution is 7.91. The summed E-state index contributed by atoms with van der Waals surface area (Å²) in [5.74, 6) is -0.386. The number of aromatic amines is 1. The molecule has 8 heteroatoms. The minimum Gasteiger partial charge on any atom is -0.315 e. The van der Waals surface area contributed by atoms with Gasteiger partial charge >= 0.3 is 4.87 Å². The summed E-state index contributed by atoms with van der Waals surface area (Å²) >= 11 is 0.639. The first-order valence-corrected chi connectivity index (χ1v) is 8.07. The highest BCUT2D eigenvalue weighted by Crippen LogP contribution is 2.20. The van der Waals surface area contributed by atoms with Gasteiger partial charge in [-0.1, -0.05) is 23.5 Å². The molecule has 20 heavy (non-hydrogen) atoms. The number of rotatable bonds is 4. The van der Waals surface area contributed by atoms with Crippen LogP contribution in [-0.2, 0) is 10.0 Å². The molecule has 0 aliphatic heterocycles. The summed E-state index contributed by atoms with van der Waals surface area (Å²) in [6, 6.07) is 5.02. The zero-order chi connectivity index (χ0) is 14.9. The van der Waals surface area contributed by atoms with Crippen molar-refractivity contribution in [3.63, 3.8) is 0 Å². The number of aromatic nitrogens is 1. The molecule has 0 unspecified atom stereocenters. The van der Waals surface area contributed by atoms with Crippen LogP contribution >= 0.6 is 11.3 Å². The number of H-pyrrole nitrogens is 1. The van der Waals surface area contributed by atoms with Crippen LogP contribution in [0.3, 0.4) is 0 Å². The fourth-order valence-corrected chi connectivity index (χ4v) is 4.30. The van der Waals surface area contributed by atoms with Crippen molar-refractivity contribution in [2.75, 3.05) is 0 Å². The lowest BCUT2D eigenvalue weighted by molar-refractivity contribution is 0.567. The van der Waals surface area contributed by atoms with E-state index in [1.54, 1.807) is 6.92 Å². The number of hydrogen-bond donors (Lipinski definition) is 2. The largest absolute Gasteiger partial charge is 0.315 e. The van der Waals surface area contributed by atoms with Crippen molar-refractivity contribution in [1.29, 1.82) is 0 Å². The highest BCUT2D eigenvalue weighted by atomic mass is 32.2. The quantitative estimate of drug-likeness (QED) is 0.904. The molecule has 0 amide bonds. The maximum absolute atomic E-state index is 12.8. The van der Waals surface area contributed by atoms with Crippen LogP contribution in [0.5, 0.6) is 0 Å². The van der Waals surface area contributed by atoms with Gasteiger partial charge in [-0.2, -0.15) is 0 Å². The van der Waals surface area contributed by atoms with E-state index in [1.807, 2.05) is 0 Å². The van der Waals surface area contributed by atoms with Gasteiger partial charge in [-0.15, -0.1) is 0 Å². The van der Waals surface area contributed by atoms with E-state index in [0.717, 1.165) is 0 Å². The number of halogens is 1. The molecule has 2 N–H and O–H groups in total. The van der Waals surface area contributed by atoms with E-state index in [0.29, 0.717) is 22.6 Å². The average Bonchev–Trinajstić information content (AvgIpc) is 2.69. The van der Waals surface area contributed by atoms with Gasteiger partial charge in [-0.3, -0.25) is 4.79 Å². The number of hydrogen-bond acceptors (Lipinski definition) is 4. The van der Waals surface area contributed by atoms with Gasteiger partial charge in [0.15, 0.2) is 4.21 Å². The monoisotopic (exact) mass is 316 g/mol. The van der Waals surface area contributed by atoms with Crippen molar-refractivity contribution in [2.24, 2.45) is 0 Å². The van der Waals surface area contributed by atoms with Crippen LogP contribution in [0.2, 0.25) is 0 Å². The summed E-state index contributed by atoms with van der Waals surface area (Å²) in [5.41, 5.74) is 0.939. The minimum atomic E-state index is -3.78. The Bertz CT molecular complexity index is 763. The molecule has 2 aromatic rings. The van der Waals surface area contributed by atoms with E-state index in [2.05, 4.69) is 9.71 Å². The number of benzene rings is 1. The summed E-state index contributed by atoms with van der Waals surface area (Å²) in [6.45, 7) is 3.17. The number of sulfonamides is 1. The third kappa shape index (κ3) is 3.14. The maximum atomic E-state index is 12.8. The first kappa shape index (κ1) is 14.9. The molecule has 1 aromatic carbocycles. The molecule has 1 aromatic heterocycles. The first-order chi connectivity index (χ1) is 9.29. The van der Waals surface area contributed by atoms with Gasteiger partial charge in [0.25, 0.3) is 10.0 Å². The molecular weight excluding hydrogens is 303 g/mol. The lowest BCUT2D eigenvalue weighted by atomic mass is 10.1. The Balaban J connectivity index is 2.26. The summed E-state index contributed by atoms with van der Waals surface area (Å²) in [5, 5.41) is 0. The molecule has 0 radical (unpaired) electrons. The molecule has 0 saturated carbocycles. The van der Waals surface area contributed by atoms with Crippen LogP contribution in [0.1, 0.15) is 24.2 Å². The second kappa shape index (κ2) is 5.47. The van der Waals surface area contributed by atoms with E-state index < -0.39 is 20.9 Å². The predicted molar refractivity (Wildman–Crippen MR) is 74.8 cm³/mol. The Hall–Kier alpha value is -1.51. The van der Waals surface area contributed by atoms with Crippen molar-refractivity contribution >= 4 is 21.4 Å². The molecular formula is C12H13FN2O3S2. The number of thiazole rings is 1. The van der Waals surface area contributed by atoms with Crippen LogP contribution in [0, 0.1) is 12.7 Å². The molecule has 0 aliphatic carbocycles. The zero-order valence-electron chi connectivity index (χ0n) is 10.8. The normalized spacial score (nSPS) is 13.3. The van der Waals surface area contributed by atoms with Gasteiger partial charge in [0.05, 0.1) is 0 Å². The standard InChI is InChI=1S/C12H13FN2O3S2/c1-7(9-3-5-10(13)6-4-9)15-20(17,18)11-8(2)14-12(16)19-11/h3-7,15H,1-2H3,(H,14,16)/t7-/m0/s1. The van der Waals surface area contributed by atoms with Gasteiger partial charge in [0.2, 0.25) is 0 Å². The number of aryl methyl sites for hydroxylation is 1. The highest BCUT2D eigenvalue weighted by Gasteiger charge is 2.23. The Kier molecular flexibility index (Phi) is 4.07. The van der Waals surface area contributed by atoms with Crippen LogP contribution in [0.4, 0.5) is 4.39 Å². The predicted octanol–water partition coefficient (Wildman–Crippen LogP) is 1.92. The minimum absolute atomic E-state index is 0.0311. The Labute approximate surface area is 119 Å². The van der Waals surface area contributed by atoms with Crippen molar-refractivity contribution in [3.05, 3.63) is 51.0 Å². The molecule has 1 atom stereocenters. The molecule has 0 saturated heterocycles. The molecule has 5 nitrogen and oxygen atoms in total. The fraction of sp³-hybridized carbons (Fsp3) is 0.250. The van der Waals surface area contributed by atoms with E-state index in [4.69, 9.17) is 0 Å². The summed E-state index contributed by atoms with van der Waals surface area (Å²) in [6.07, 6.45) is 0. The van der Waals surface area contributed by atoms with Gasteiger partial charge in [0.1, 0.15) is 5.82 Å².